The summed E-state index contributed by atoms with van der Waals surface area (Å²) in [7, 11) is 1.74. The molecule has 0 fully saturated rings. The van der Waals surface area contributed by atoms with Gasteiger partial charge in [0.1, 0.15) is 35.8 Å². The molecule has 0 unspecified atom stereocenters. The van der Waals surface area contributed by atoms with Gasteiger partial charge in [0.25, 0.3) is 0 Å². The molecule has 0 N–H and O–H groups in total. The molecular formula is C21H15F2N7O. The largest absolute Gasteiger partial charge is 0.469 e. The van der Waals surface area contributed by atoms with Crippen molar-refractivity contribution < 1.29 is 13.5 Å². The SMILES string of the molecule is Cn1ncnc1COc1nc2c(cc1-c1cccc(F)c1)nnn2-c1ccccc1F. The Labute approximate surface area is 174 Å². The van der Waals surface area contributed by atoms with E-state index in [9.17, 15) is 8.78 Å². The molecule has 0 bridgehead atoms. The molecule has 5 aromatic rings. The van der Waals surface area contributed by atoms with Crippen molar-refractivity contribution in [2.45, 2.75) is 6.61 Å². The zero-order valence-corrected chi connectivity index (χ0v) is 16.3. The maximum atomic E-state index is 14.3. The van der Waals surface area contributed by atoms with Crippen molar-refractivity contribution in [1.29, 1.82) is 0 Å². The van der Waals surface area contributed by atoms with Crippen LogP contribution in [-0.4, -0.2) is 34.7 Å². The average molecular weight is 419 g/mol. The van der Waals surface area contributed by atoms with E-state index in [2.05, 4.69) is 25.4 Å². The monoisotopic (exact) mass is 419 g/mol. The normalized spacial score (nSPS) is 11.2. The summed E-state index contributed by atoms with van der Waals surface area (Å²) < 4.78 is 37.0. The Morgan fingerprint density at radius 3 is 2.68 bits per heavy atom. The topological polar surface area (TPSA) is 83.5 Å². The smallest absolute Gasteiger partial charge is 0.224 e. The van der Waals surface area contributed by atoms with Gasteiger partial charge in [-0.3, -0.25) is 4.68 Å². The average Bonchev–Trinajstić information content (AvgIpc) is 3.37. The Hall–Kier alpha value is -4.21. The summed E-state index contributed by atoms with van der Waals surface area (Å²) in [4.78, 5) is 8.69. The molecule has 31 heavy (non-hydrogen) atoms. The minimum Gasteiger partial charge on any atom is -0.469 e. The van der Waals surface area contributed by atoms with Crippen LogP contribution in [0.1, 0.15) is 5.82 Å². The summed E-state index contributed by atoms with van der Waals surface area (Å²) in [5.74, 6) is -0.0764. The molecule has 5 rings (SSSR count). The number of fused-ring (bicyclic) bond motifs is 1. The van der Waals surface area contributed by atoms with Crippen LogP contribution in [-0.2, 0) is 13.7 Å². The highest BCUT2D eigenvalue weighted by atomic mass is 19.1. The van der Waals surface area contributed by atoms with Gasteiger partial charge in [-0.25, -0.2) is 13.8 Å². The molecule has 0 aliphatic heterocycles. The number of benzene rings is 2. The minimum absolute atomic E-state index is 0.0819. The predicted octanol–water partition coefficient (Wildman–Crippen LogP) is 3.47. The summed E-state index contributed by atoms with van der Waals surface area (Å²) in [5, 5.41) is 12.2. The third kappa shape index (κ3) is 3.48. The Morgan fingerprint density at radius 2 is 1.90 bits per heavy atom. The number of pyridine rings is 1. The number of para-hydroxylation sites is 1. The maximum Gasteiger partial charge on any atom is 0.224 e. The van der Waals surface area contributed by atoms with Crippen LogP contribution >= 0.6 is 0 Å². The first-order chi connectivity index (χ1) is 15.1. The Morgan fingerprint density at radius 1 is 1.03 bits per heavy atom. The fraction of sp³-hybridized carbons (Fsp3) is 0.0952. The Bertz CT molecular complexity index is 1400. The molecule has 154 valence electrons. The first-order valence-corrected chi connectivity index (χ1v) is 9.33. The lowest BCUT2D eigenvalue weighted by atomic mass is 10.1. The first-order valence-electron chi connectivity index (χ1n) is 9.33. The van der Waals surface area contributed by atoms with Crippen molar-refractivity contribution in [3.8, 4) is 22.7 Å². The molecule has 0 saturated carbocycles. The van der Waals surface area contributed by atoms with E-state index in [0.717, 1.165) is 0 Å². The zero-order chi connectivity index (χ0) is 21.4. The van der Waals surface area contributed by atoms with Gasteiger partial charge in [0.05, 0.1) is 0 Å². The Balaban J connectivity index is 1.66. The molecule has 3 aromatic heterocycles. The molecule has 0 spiro atoms. The number of halogens is 2. The van der Waals surface area contributed by atoms with Gasteiger partial charge < -0.3 is 4.74 Å². The van der Waals surface area contributed by atoms with E-state index in [1.54, 1.807) is 48.1 Å². The number of hydrogen-bond acceptors (Lipinski definition) is 6. The third-order valence-corrected chi connectivity index (χ3v) is 4.75. The summed E-state index contributed by atoms with van der Waals surface area (Å²) in [5.41, 5.74) is 2.00. The number of hydrogen-bond donors (Lipinski definition) is 0. The highest BCUT2D eigenvalue weighted by molar-refractivity contribution is 5.82. The second-order valence-electron chi connectivity index (χ2n) is 6.74. The van der Waals surface area contributed by atoms with Crippen LogP contribution < -0.4 is 4.74 Å². The lowest BCUT2D eigenvalue weighted by Gasteiger charge is -2.11. The number of aromatic nitrogens is 7. The highest BCUT2D eigenvalue weighted by Gasteiger charge is 2.18. The van der Waals surface area contributed by atoms with E-state index >= 15 is 0 Å². The van der Waals surface area contributed by atoms with E-state index in [1.165, 1.54) is 29.2 Å². The van der Waals surface area contributed by atoms with Gasteiger partial charge in [-0.1, -0.05) is 29.5 Å². The summed E-state index contributed by atoms with van der Waals surface area (Å²) >= 11 is 0. The molecule has 0 saturated heterocycles. The van der Waals surface area contributed by atoms with E-state index in [4.69, 9.17) is 4.74 Å². The summed E-state index contributed by atoms with van der Waals surface area (Å²) in [6.07, 6.45) is 1.42. The fourth-order valence-electron chi connectivity index (χ4n) is 3.18. The van der Waals surface area contributed by atoms with Gasteiger partial charge in [0.2, 0.25) is 5.88 Å². The van der Waals surface area contributed by atoms with Gasteiger partial charge in [-0.15, -0.1) is 5.10 Å². The molecule has 0 aliphatic carbocycles. The van der Waals surface area contributed by atoms with Crippen molar-refractivity contribution in [2.75, 3.05) is 0 Å². The molecule has 0 atom stereocenters. The number of nitrogens with zero attached hydrogens (tertiary/aromatic N) is 7. The fourth-order valence-corrected chi connectivity index (χ4v) is 3.18. The van der Waals surface area contributed by atoms with Crippen LogP contribution in [0.2, 0.25) is 0 Å². The van der Waals surface area contributed by atoms with Crippen molar-refractivity contribution in [1.82, 2.24) is 34.7 Å². The van der Waals surface area contributed by atoms with Crippen LogP contribution in [0.3, 0.4) is 0 Å². The minimum atomic E-state index is -0.466. The standard InChI is InChI=1S/C21H15F2N7O/c1-29-19(24-12-25-29)11-31-21-15(13-5-4-6-14(22)9-13)10-17-20(26-21)30(28-27-17)18-8-3-2-7-16(18)23/h2-10,12H,11H2,1H3. The van der Waals surface area contributed by atoms with Crippen molar-refractivity contribution in [3.63, 3.8) is 0 Å². The van der Waals surface area contributed by atoms with E-state index in [0.29, 0.717) is 28.1 Å². The van der Waals surface area contributed by atoms with Gasteiger partial charge in [0, 0.05) is 12.6 Å². The first kappa shape index (κ1) is 18.8. The maximum absolute atomic E-state index is 14.3. The van der Waals surface area contributed by atoms with Crippen LogP contribution in [0, 0.1) is 11.6 Å². The van der Waals surface area contributed by atoms with E-state index in [-0.39, 0.29) is 18.2 Å². The van der Waals surface area contributed by atoms with Gasteiger partial charge >= 0.3 is 0 Å². The van der Waals surface area contributed by atoms with Crippen LogP contribution in [0.25, 0.3) is 28.0 Å². The van der Waals surface area contributed by atoms with Gasteiger partial charge in [-0.05, 0) is 35.9 Å². The zero-order valence-electron chi connectivity index (χ0n) is 16.3. The Kier molecular flexibility index (Phi) is 4.58. The highest BCUT2D eigenvalue weighted by Crippen LogP contribution is 2.32. The summed E-state index contributed by atoms with van der Waals surface area (Å²) in [6.45, 7) is 0.0819. The molecule has 10 heteroatoms. The van der Waals surface area contributed by atoms with Gasteiger partial charge in [-0.2, -0.15) is 14.8 Å². The molecule has 3 heterocycles. The second-order valence-corrected chi connectivity index (χ2v) is 6.74. The lowest BCUT2D eigenvalue weighted by Crippen LogP contribution is -2.07. The molecule has 0 amide bonds. The van der Waals surface area contributed by atoms with Crippen LogP contribution in [0.15, 0.2) is 60.9 Å². The van der Waals surface area contributed by atoms with Crippen molar-refractivity contribution in [2.24, 2.45) is 7.05 Å². The van der Waals surface area contributed by atoms with Crippen molar-refractivity contribution >= 4 is 11.2 Å². The number of rotatable bonds is 5. The quantitative estimate of drug-likeness (QED) is 0.434. The summed E-state index contributed by atoms with van der Waals surface area (Å²) in [6, 6.07) is 13.9. The lowest BCUT2D eigenvalue weighted by molar-refractivity contribution is 0.280. The molecule has 2 aromatic carbocycles. The molecule has 0 radical (unpaired) electrons. The molecule has 0 aliphatic rings. The molecule has 8 nitrogen and oxygen atoms in total. The molecular weight excluding hydrogens is 404 g/mol. The van der Waals surface area contributed by atoms with Gasteiger partial charge in [0.15, 0.2) is 11.5 Å². The number of aryl methyl sites for hydroxylation is 1. The van der Waals surface area contributed by atoms with Crippen LogP contribution in [0.5, 0.6) is 5.88 Å². The predicted molar refractivity (Wildman–Crippen MR) is 107 cm³/mol. The van der Waals surface area contributed by atoms with E-state index in [1.807, 2.05) is 0 Å². The van der Waals surface area contributed by atoms with E-state index < -0.39 is 11.6 Å². The third-order valence-electron chi connectivity index (χ3n) is 4.75. The number of ether oxygens (including phenoxy) is 1. The van der Waals surface area contributed by atoms with Crippen LogP contribution in [0.4, 0.5) is 8.78 Å². The van der Waals surface area contributed by atoms with Crippen molar-refractivity contribution in [3.05, 3.63) is 78.4 Å². The second kappa shape index (κ2) is 7.56.